The van der Waals surface area contributed by atoms with E-state index in [0.29, 0.717) is 15.7 Å². The van der Waals surface area contributed by atoms with E-state index in [0.717, 1.165) is 16.5 Å². The number of hydrogen-bond donors (Lipinski definition) is 2. The molecule has 6 nitrogen and oxygen atoms in total. The number of H-pyrrole nitrogens is 1. The smallest absolute Gasteiger partial charge is 0.275 e. The molecule has 0 saturated heterocycles. The van der Waals surface area contributed by atoms with Gasteiger partial charge in [0.1, 0.15) is 0 Å². The minimum absolute atomic E-state index is 0.166. The van der Waals surface area contributed by atoms with Crippen LogP contribution in [-0.4, -0.2) is 40.5 Å². The van der Waals surface area contributed by atoms with Crippen LogP contribution in [0, 0.1) is 6.92 Å². The van der Waals surface area contributed by atoms with Gasteiger partial charge in [-0.05, 0) is 31.2 Å². The molecule has 1 heterocycles. The number of halogens is 2. The second-order valence-electron chi connectivity index (χ2n) is 5.93. The van der Waals surface area contributed by atoms with Gasteiger partial charge in [-0.1, -0.05) is 40.9 Å². The van der Waals surface area contributed by atoms with E-state index in [1.807, 2.05) is 25.1 Å². The SMILES string of the molecule is Cc1ccc2[nH]nc(C(=O)N(C)CC(=O)Nc3c(Cl)cccc3Cl)c2c1. The van der Waals surface area contributed by atoms with Crippen molar-refractivity contribution in [2.45, 2.75) is 6.92 Å². The number of benzene rings is 2. The molecule has 2 amide bonds. The van der Waals surface area contributed by atoms with Crippen LogP contribution in [-0.2, 0) is 4.79 Å². The second kappa shape index (κ2) is 7.35. The summed E-state index contributed by atoms with van der Waals surface area (Å²) in [6.45, 7) is 1.77. The molecule has 3 rings (SSSR count). The molecule has 0 bridgehead atoms. The van der Waals surface area contributed by atoms with Gasteiger partial charge in [-0.25, -0.2) is 0 Å². The van der Waals surface area contributed by atoms with Crippen LogP contribution in [0.4, 0.5) is 5.69 Å². The number of aromatic nitrogens is 2. The summed E-state index contributed by atoms with van der Waals surface area (Å²) in [4.78, 5) is 26.2. The summed E-state index contributed by atoms with van der Waals surface area (Å²) in [5, 5.41) is 10.9. The van der Waals surface area contributed by atoms with Gasteiger partial charge in [0, 0.05) is 12.4 Å². The molecule has 1 aromatic heterocycles. The highest BCUT2D eigenvalue weighted by Crippen LogP contribution is 2.29. The zero-order valence-electron chi connectivity index (χ0n) is 14.1. The molecule has 0 aliphatic carbocycles. The van der Waals surface area contributed by atoms with Gasteiger partial charge in [-0.3, -0.25) is 14.7 Å². The van der Waals surface area contributed by atoms with Crippen molar-refractivity contribution >= 4 is 51.6 Å². The number of amides is 2. The standard InChI is InChI=1S/C18H16Cl2N4O2/c1-10-6-7-14-11(8-10)16(23-22-14)18(26)24(2)9-15(25)21-17-12(19)4-3-5-13(17)20/h3-8H,9H2,1-2H3,(H,21,25)(H,22,23). The number of hydrogen-bond acceptors (Lipinski definition) is 3. The van der Waals surface area contributed by atoms with Crippen LogP contribution in [0.15, 0.2) is 36.4 Å². The lowest BCUT2D eigenvalue weighted by Crippen LogP contribution is -2.35. The predicted molar refractivity (Wildman–Crippen MR) is 103 cm³/mol. The number of carbonyl (C=O) groups is 2. The zero-order valence-corrected chi connectivity index (χ0v) is 15.6. The van der Waals surface area contributed by atoms with Gasteiger partial charge in [-0.15, -0.1) is 0 Å². The van der Waals surface area contributed by atoms with E-state index in [9.17, 15) is 9.59 Å². The number of aryl methyl sites for hydroxylation is 1. The number of nitrogens with zero attached hydrogens (tertiary/aromatic N) is 2. The summed E-state index contributed by atoms with van der Waals surface area (Å²) >= 11 is 12.1. The Morgan fingerprint density at radius 1 is 1.19 bits per heavy atom. The molecular weight excluding hydrogens is 375 g/mol. The summed E-state index contributed by atoms with van der Waals surface area (Å²) in [5.41, 5.74) is 2.37. The van der Waals surface area contributed by atoms with Crippen molar-refractivity contribution in [1.29, 1.82) is 0 Å². The van der Waals surface area contributed by atoms with Crippen molar-refractivity contribution in [3.05, 3.63) is 57.7 Å². The van der Waals surface area contributed by atoms with Gasteiger partial charge < -0.3 is 10.2 Å². The molecule has 0 aliphatic rings. The predicted octanol–water partition coefficient (Wildman–Crippen LogP) is 3.89. The Hall–Kier alpha value is -2.57. The molecule has 0 saturated carbocycles. The van der Waals surface area contributed by atoms with Crippen molar-refractivity contribution in [2.75, 3.05) is 18.9 Å². The number of fused-ring (bicyclic) bond motifs is 1. The summed E-state index contributed by atoms with van der Waals surface area (Å²) < 4.78 is 0. The van der Waals surface area contributed by atoms with Crippen molar-refractivity contribution in [1.82, 2.24) is 15.1 Å². The maximum atomic E-state index is 12.7. The average Bonchev–Trinajstić information content (AvgIpc) is 3.00. The topological polar surface area (TPSA) is 78.1 Å². The molecule has 0 spiro atoms. The molecule has 0 unspecified atom stereocenters. The van der Waals surface area contributed by atoms with E-state index >= 15 is 0 Å². The molecule has 3 aromatic rings. The first kappa shape index (κ1) is 18.2. The minimum Gasteiger partial charge on any atom is -0.331 e. The molecule has 0 radical (unpaired) electrons. The third kappa shape index (κ3) is 3.66. The van der Waals surface area contributed by atoms with E-state index in [2.05, 4.69) is 15.5 Å². The van der Waals surface area contributed by atoms with E-state index in [4.69, 9.17) is 23.2 Å². The molecule has 26 heavy (non-hydrogen) atoms. The number of carbonyl (C=O) groups excluding carboxylic acids is 2. The van der Waals surface area contributed by atoms with E-state index in [1.54, 1.807) is 18.2 Å². The van der Waals surface area contributed by atoms with Crippen LogP contribution >= 0.6 is 23.2 Å². The summed E-state index contributed by atoms with van der Waals surface area (Å²) in [6, 6.07) is 10.6. The van der Waals surface area contributed by atoms with Gasteiger partial charge in [-0.2, -0.15) is 5.10 Å². The maximum Gasteiger partial charge on any atom is 0.275 e. The van der Waals surface area contributed by atoms with Crippen LogP contribution in [0.25, 0.3) is 10.9 Å². The van der Waals surface area contributed by atoms with Crippen molar-refractivity contribution in [3.63, 3.8) is 0 Å². The number of para-hydroxylation sites is 1. The molecule has 0 fully saturated rings. The van der Waals surface area contributed by atoms with Gasteiger partial charge in [0.05, 0.1) is 27.8 Å². The molecular formula is C18H16Cl2N4O2. The fourth-order valence-electron chi connectivity index (χ4n) is 2.56. The monoisotopic (exact) mass is 390 g/mol. The lowest BCUT2D eigenvalue weighted by atomic mass is 10.1. The van der Waals surface area contributed by atoms with Gasteiger partial charge in [0.15, 0.2) is 5.69 Å². The minimum atomic E-state index is -0.410. The molecule has 134 valence electrons. The summed E-state index contributed by atoms with van der Waals surface area (Å²) in [5.74, 6) is -0.769. The Kier molecular flexibility index (Phi) is 5.15. The zero-order chi connectivity index (χ0) is 18.8. The summed E-state index contributed by atoms with van der Waals surface area (Å²) in [6.07, 6.45) is 0. The normalized spacial score (nSPS) is 10.8. The maximum absolute atomic E-state index is 12.7. The Labute approximate surface area is 160 Å². The Morgan fingerprint density at radius 3 is 2.58 bits per heavy atom. The van der Waals surface area contributed by atoms with Gasteiger partial charge >= 0.3 is 0 Å². The Bertz CT molecular complexity index is 980. The summed E-state index contributed by atoms with van der Waals surface area (Å²) in [7, 11) is 1.53. The molecule has 8 heteroatoms. The Morgan fingerprint density at radius 2 is 1.88 bits per heavy atom. The van der Waals surface area contributed by atoms with Crippen LogP contribution < -0.4 is 5.32 Å². The quantitative estimate of drug-likeness (QED) is 0.709. The number of rotatable bonds is 4. The number of nitrogens with one attached hydrogen (secondary N) is 2. The van der Waals surface area contributed by atoms with Crippen molar-refractivity contribution in [3.8, 4) is 0 Å². The highest BCUT2D eigenvalue weighted by atomic mass is 35.5. The first-order chi connectivity index (χ1) is 12.4. The largest absolute Gasteiger partial charge is 0.331 e. The molecule has 2 aromatic carbocycles. The number of anilines is 1. The van der Waals surface area contributed by atoms with Crippen LogP contribution in [0.3, 0.4) is 0 Å². The van der Waals surface area contributed by atoms with Crippen molar-refractivity contribution in [2.24, 2.45) is 0 Å². The molecule has 2 N–H and O–H groups in total. The number of aromatic amines is 1. The molecule has 0 atom stereocenters. The van der Waals surface area contributed by atoms with Gasteiger partial charge in [0.2, 0.25) is 5.91 Å². The van der Waals surface area contributed by atoms with E-state index in [-0.39, 0.29) is 18.1 Å². The fraction of sp³-hybridized carbons (Fsp3) is 0.167. The lowest BCUT2D eigenvalue weighted by Gasteiger charge is -2.16. The first-order valence-corrected chi connectivity index (χ1v) is 8.56. The van der Waals surface area contributed by atoms with Crippen LogP contribution in [0.2, 0.25) is 10.0 Å². The Balaban J connectivity index is 1.74. The highest BCUT2D eigenvalue weighted by Gasteiger charge is 2.21. The lowest BCUT2D eigenvalue weighted by molar-refractivity contribution is -0.116. The second-order valence-corrected chi connectivity index (χ2v) is 6.74. The molecule has 0 aliphatic heterocycles. The van der Waals surface area contributed by atoms with Gasteiger partial charge in [0.25, 0.3) is 5.91 Å². The van der Waals surface area contributed by atoms with Crippen LogP contribution in [0.5, 0.6) is 0 Å². The van der Waals surface area contributed by atoms with E-state index in [1.165, 1.54) is 11.9 Å². The van der Waals surface area contributed by atoms with Crippen molar-refractivity contribution < 1.29 is 9.59 Å². The average molecular weight is 391 g/mol. The van der Waals surface area contributed by atoms with Crippen LogP contribution in [0.1, 0.15) is 16.1 Å². The van der Waals surface area contributed by atoms with E-state index < -0.39 is 5.91 Å². The fourth-order valence-corrected chi connectivity index (χ4v) is 3.05. The third-order valence-corrected chi connectivity index (χ3v) is 4.51. The highest BCUT2D eigenvalue weighted by molar-refractivity contribution is 6.39. The number of likely N-dealkylation sites (N-methyl/N-ethyl adjacent to an activating group) is 1. The third-order valence-electron chi connectivity index (χ3n) is 3.88. The first-order valence-electron chi connectivity index (χ1n) is 7.81.